The number of hydrogen-bond acceptors (Lipinski definition) is 14. The lowest BCUT2D eigenvalue weighted by atomic mass is 9.90. The molecule has 0 radical (unpaired) electrons. The molecule has 6 amide bonds. The molecule has 10 rings (SSSR count). The minimum atomic E-state index is -0.640. The van der Waals surface area contributed by atoms with Gasteiger partial charge in [-0.3, -0.25) is 19.6 Å². The lowest BCUT2D eigenvalue weighted by Crippen LogP contribution is -2.51. The molecule has 4 saturated heterocycles. The number of halogens is 2. The van der Waals surface area contributed by atoms with Gasteiger partial charge >= 0.3 is 18.2 Å². The predicted molar refractivity (Wildman–Crippen MR) is 286 cm³/mol. The Bertz CT molecular complexity index is 2870. The monoisotopic (exact) mass is 1050 g/mol. The first-order chi connectivity index (χ1) is 34.5. The first kappa shape index (κ1) is 53.5. The quantitative estimate of drug-likeness (QED) is 0.0525. The topological polar surface area (TPSA) is 243 Å². The van der Waals surface area contributed by atoms with Crippen molar-refractivity contribution in [1.82, 2.24) is 31.2 Å². The van der Waals surface area contributed by atoms with Crippen molar-refractivity contribution < 1.29 is 38.2 Å². The largest absolute Gasteiger partial charge is 0.444 e. The first-order valence-corrected chi connectivity index (χ1v) is 25.5. The molecule has 2 aromatic carbocycles. The molecule has 4 fully saturated rings. The fourth-order valence-corrected chi connectivity index (χ4v) is 9.90. The van der Waals surface area contributed by atoms with Crippen LogP contribution < -0.4 is 47.9 Å². The number of benzene rings is 2. The van der Waals surface area contributed by atoms with Crippen molar-refractivity contribution in [1.29, 1.82) is 0 Å². The summed E-state index contributed by atoms with van der Waals surface area (Å²) in [5.74, 6) is 0.165. The molecule has 6 aromatic rings. The molecule has 73 heavy (non-hydrogen) atoms. The molecule has 22 heteroatoms. The number of nitrogens with zero attached hydrogens (tertiary/aromatic N) is 3. The second kappa shape index (κ2) is 23.5. The molecule has 0 aliphatic carbocycles. The number of nitrogens with two attached hydrogens (primary N) is 1. The second-order valence-corrected chi connectivity index (χ2v) is 20.9. The molecular formula is C51H57ClFN11O7S2. The summed E-state index contributed by atoms with van der Waals surface area (Å²) >= 11 is 9.00. The Morgan fingerprint density at radius 2 is 1.37 bits per heavy atom. The number of anilines is 5. The summed E-state index contributed by atoms with van der Waals surface area (Å²) in [4.78, 5) is 72.6. The Hall–Kier alpha value is -7.33. The van der Waals surface area contributed by atoms with Gasteiger partial charge in [0.25, 0.3) is 11.8 Å². The van der Waals surface area contributed by atoms with E-state index >= 15 is 0 Å². The predicted octanol–water partition coefficient (Wildman–Crippen LogP) is 9.36. The summed E-state index contributed by atoms with van der Waals surface area (Å²) in [7, 11) is 0. The van der Waals surface area contributed by atoms with E-state index in [1.165, 1.54) is 6.20 Å². The highest BCUT2D eigenvalue weighted by molar-refractivity contribution is 7.13. The number of piperidine rings is 2. The number of amides is 6. The Morgan fingerprint density at radius 1 is 0.753 bits per heavy atom. The average Bonchev–Trinajstić information content (AvgIpc) is 4.21. The van der Waals surface area contributed by atoms with Crippen LogP contribution in [0.15, 0.2) is 108 Å². The summed E-state index contributed by atoms with van der Waals surface area (Å²) in [6, 6.07) is 25.7. The van der Waals surface area contributed by atoms with Crippen LogP contribution >= 0.6 is 34.3 Å². The maximum atomic E-state index is 12.8. The van der Waals surface area contributed by atoms with E-state index in [2.05, 4.69) is 52.1 Å². The Morgan fingerprint density at radius 3 is 1.90 bits per heavy atom. The number of carbonyl (C=O) groups is 5. The van der Waals surface area contributed by atoms with Crippen molar-refractivity contribution in [2.45, 2.75) is 63.2 Å². The van der Waals surface area contributed by atoms with Gasteiger partial charge in [0, 0.05) is 54.6 Å². The number of ether oxygens (including phenoxy) is 2. The minimum absolute atomic E-state index is 0. The number of nitrogen functional groups attached to an aromatic ring is 1. The molecule has 384 valence electrons. The zero-order valence-electron chi connectivity index (χ0n) is 40.3. The van der Waals surface area contributed by atoms with Crippen molar-refractivity contribution in [3.05, 3.63) is 124 Å². The van der Waals surface area contributed by atoms with E-state index in [1.807, 2.05) is 59.3 Å². The smallest absolute Gasteiger partial charge is 0.412 e. The Labute approximate surface area is 434 Å². The molecule has 0 bridgehead atoms. The van der Waals surface area contributed by atoms with Crippen molar-refractivity contribution in [3.63, 3.8) is 0 Å². The summed E-state index contributed by atoms with van der Waals surface area (Å²) in [6.07, 6.45) is 5.61. The van der Waals surface area contributed by atoms with Crippen LogP contribution in [0.3, 0.4) is 0 Å². The molecule has 0 saturated carbocycles. The first-order valence-electron chi connectivity index (χ1n) is 23.3. The highest BCUT2D eigenvalue weighted by Gasteiger charge is 2.43. The number of hydrogen-bond donors (Lipinski definition) is 8. The van der Waals surface area contributed by atoms with Crippen LogP contribution in [0.4, 0.5) is 47.7 Å². The third kappa shape index (κ3) is 14.2. The van der Waals surface area contributed by atoms with E-state index in [9.17, 15) is 24.0 Å². The van der Waals surface area contributed by atoms with Crippen molar-refractivity contribution in [3.8, 4) is 20.9 Å². The maximum Gasteiger partial charge on any atom is 0.412 e. The summed E-state index contributed by atoms with van der Waals surface area (Å²) in [5, 5.41) is 24.5. The molecule has 0 atom stereocenters. The van der Waals surface area contributed by atoms with E-state index in [-0.39, 0.29) is 34.2 Å². The third-order valence-corrected chi connectivity index (χ3v) is 14.3. The molecule has 9 N–H and O–H groups in total. The van der Waals surface area contributed by atoms with E-state index < -0.39 is 17.3 Å². The molecular weight excluding hydrogens is 997 g/mol. The van der Waals surface area contributed by atoms with Gasteiger partial charge < -0.3 is 52.0 Å². The van der Waals surface area contributed by atoms with Crippen LogP contribution in [0.5, 0.6) is 0 Å². The van der Waals surface area contributed by atoms with Gasteiger partial charge in [-0.05, 0) is 129 Å². The molecule has 4 aromatic heterocycles. The zero-order chi connectivity index (χ0) is 50.9. The summed E-state index contributed by atoms with van der Waals surface area (Å²) in [6.45, 7) is 10.2. The average molecular weight is 1050 g/mol. The summed E-state index contributed by atoms with van der Waals surface area (Å²) < 4.78 is 10.8. The van der Waals surface area contributed by atoms with Crippen molar-refractivity contribution in [2.75, 3.05) is 65.9 Å². The van der Waals surface area contributed by atoms with Crippen LogP contribution in [0, 0.1) is 0 Å². The van der Waals surface area contributed by atoms with Crippen LogP contribution in [-0.2, 0) is 9.47 Å². The van der Waals surface area contributed by atoms with Gasteiger partial charge in [0.05, 0.1) is 46.0 Å². The SMILES string of the molecule is CC(C)(C)OC(=O)Nc1ccc(-c2cccs2)cc1NC(=O)c1ccc(Cl)nc1.F.Nc1ccc(-c2cccs2)cc1NC(=O)c1ccc(N2CCC3(CC2)CNC(=O)O3)nc1.O=C1NCC2(CCNCC2)N1. The number of alkyl carbamates (subject to hydrolysis) is 1. The van der Waals surface area contributed by atoms with E-state index in [0.29, 0.717) is 45.6 Å². The molecule has 4 aliphatic rings. The van der Waals surface area contributed by atoms with Crippen LogP contribution in [0.25, 0.3) is 20.9 Å². The molecule has 2 spiro atoms. The van der Waals surface area contributed by atoms with Crippen LogP contribution in [0.2, 0.25) is 5.15 Å². The second-order valence-electron chi connectivity index (χ2n) is 18.6. The van der Waals surface area contributed by atoms with E-state index in [4.69, 9.17) is 26.8 Å². The van der Waals surface area contributed by atoms with Crippen molar-refractivity contribution in [2.24, 2.45) is 0 Å². The lowest BCUT2D eigenvalue weighted by molar-refractivity contribution is 0.0365. The van der Waals surface area contributed by atoms with E-state index in [0.717, 1.165) is 85.1 Å². The third-order valence-electron chi connectivity index (χ3n) is 12.2. The van der Waals surface area contributed by atoms with Gasteiger partial charge in [0.2, 0.25) is 0 Å². The van der Waals surface area contributed by atoms with Gasteiger partial charge in [-0.1, -0.05) is 35.9 Å². The lowest BCUT2D eigenvalue weighted by Gasteiger charge is -2.37. The zero-order valence-corrected chi connectivity index (χ0v) is 42.7. The highest BCUT2D eigenvalue weighted by atomic mass is 35.5. The number of carbonyl (C=O) groups excluding carboxylic acids is 5. The minimum Gasteiger partial charge on any atom is -0.444 e. The molecule has 4 aliphatic heterocycles. The van der Waals surface area contributed by atoms with Crippen LogP contribution in [-0.4, -0.2) is 96.0 Å². The van der Waals surface area contributed by atoms with E-state index in [1.54, 1.807) is 86.0 Å². The van der Waals surface area contributed by atoms with Crippen LogP contribution in [0.1, 0.15) is 67.2 Å². The Kier molecular flexibility index (Phi) is 17.2. The number of aromatic nitrogens is 2. The number of rotatable bonds is 8. The number of pyridine rings is 2. The Balaban J connectivity index is 0.000000175. The molecule has 0 unspecified atom stereocenters. The van der Waals surface area contributed by atoms with Gasteiger partial charge in [0.15, 0.2) is 0 Å². The highest BCUT2D eigenvalue weighted by Crippen LogP contribution is 2.34. The maximum absolute atomic E-state index is 12.8. The number of nitrogens with one attached hydrogen (secondary N) is 7. The number of thiophene rings is 2. The van der Waals surface area contributed by atoms with Gasteiger partial charge in [-0.2, -0.15) is 0 Å². The van der Waals surface area contributed by atoms with Gasteiger partial charge in [-0.15, -0.1) is 22.7 Å². The summed E-state index contributed by atoms with van der Waals surface area (Å²) in [5.41, 5.74) is 9.79. The standard InChI is InChI=1S/C23H23N5O3S.C21H20ClN3O3S.C7H13N3O.FH/c24-17-5-3-15(19-2-1-11-32-19)12-18(17)27-21(29)16-4-6-20(25-13-16)28-9-7-23(8-10-28)14-26-22(30)31-23;1-21(2,3)28-20(27)25-15-8-6-13(17-5-4-10-29-17)11-16(15)24-19(26)14-7-9-18(22)23-12-14;11-6-9-5-7(10-6)1-3-8-4-2-7;/h1-6,11-13H,7-10,14,24H2,(H,26,30)(H,27,29);4-12H,1-3H3,(H,24,26)(H,25,27);8H,1-5H2,(H2,9,10,11);1H. The normalized spacial score (nSPS) is 16.1. The molecule has 8 heterocycles. The molecule has 18 nitrogen and oxygen atoms in total. The van der Waals surface area contributed by atoms with Crippen molar-refractivity contribution >= 4 is 92.9 Å². The fraction of sp³-hybridized carbons (Fsp3) is 0.314. The fourth-order valence-electron chi connectivity index (χ4n) is 8.34. The van der Waals surface area contributed by atoms with Gasteiger partial charge in [-0.25, -0.2) is 24.4 Å². The van der Waals surface area contributed by atoms with Gasteiger partial charge in [0.1, 0.15) is 22.2 Å². The number of urea groups is 1.